The number of nitrogens with zero attached hydrogens (tertiary/aromatic N) is 2. The lowest BCUT2D eigenvalue weighted by Gasteiger charge is -2.45. The third-order valence-corrected chi connectivity index (χ3v) is 6.52. The van der Waals surface area contributed by atoms with Gasteiger partial charge in [-0.25, -0.2) is 4.99 Å². The summed E-state index contributed by atoms with van der Waals surface area (Å²) >= 11 is 4.49. The van der Waals surface area contributed by atoms with Gasteiger partial charge in [0.25, 0.3) is 5.91 Å². The quantitative estimate of drug-likeness (QED) is 0.766. The lowest BCUT2D eigenvalue weighted by atomic mass is 9.61. The third-order valence-electron chi connectivity index (χ3n) is 6.24. The van der Waals surface area contributed by atoms with Crippen LogP contribution in [0.15, 0.2) is 28.1 Å². The number of hydrogen-bond acceptors (Lipinski definition) is 5. The van der Waals surface area contributed by atoms with E-state index in [0.29, 0.717) is 5.96 Å². The van der Waals surface area contributed by atoms with Gasteiger partial charge in [0.15, 0.2) is 11.5 Å². The Morgan fingerprint density at radius 1 is 1.38 bits per heavy atom. The average Bonchev–Trinajstić information content (AvgIpc) is 2.97. The standard InChI is InChI=1S/C18H23N3O2S/c1-21-15(22)18(20-16(21)19)14-9-13(24)4-3-11(14)10-17(18)7-5-12(23-2)6-8-17/h3-4,9,12,24H,5-8,10H2,1-2H3,(H2,19,20). The molecule has 1 aromatic carbocycles. The van der Waals surface area contributed by atoms with E-state index in [4.69, 9.17) is 15.5 Å². The van der Waals surface area contributed by atoms with Gasteiger partial charge < -0.3 is 10.5 Å². The van der Waals surface area contributed by atoms with Gasteiger partial charge in [0.1, 0.15) is 0 Å². The summed E-state index contributed by atoms with van der Waals surface area (Å²) in [5.74, 6) is 0.305. The molecular weight excluding hydrogens is 322 g/mol. The second kappa shape index (κ2) is 5.23. The van der Waals surface area contributed by atoms with Crippen molar-refractivity contribution in [3.8, 4) is 0 Å². The molecule has 0 saturated heterocycles. The summed E-state index contributed by atoms with van der Waals surface area (Å²) in [4.78, 5) is 20.5. The summed E-state index contributed by atoms with van der Waals surface area (Å²) in [6, 6.07) is 6.09. The minimum atomic E-state index is -0.890. The number of aliphatic imine (C=N–C) groups is 1. The topological polar surface area (TPSA) is 67.9 Å². The van der Waals surface area contributed by atoms with Gasteiger partial charge in [-0.05, 0) is 55.4 Å². The van der Waals surface area contributed by atoms with Gasteiger partial charge in [-0.2, -0.15) is 0 Å². The van der Waals surface area contributed by atoms with Gasteiger partial charge in [-0.3, -0.25) is 9.69 Å². The van der Waals surface area contributed by atoms with Crippen LogP contribution in [0.1, 0.15) is 36.8 Å². The normalized spacial score (nSPS) is 35.0. The molecule has 24 heavy (non-hydrogen) atoms. The number of amides is 1. The zero-order valence-corrected chi connectivity index (χ0v) is 15.0. The van der Waals surface area contributed by atoms with Crippen LogP contribution in [0, 0.1) is 5.41 Å². The van der Waals surface area contributed by atoms with Crippen molar-refractivity contribution in [1.82, 2.24) is 4.90 Å². The maximum atomic E-state index is 13.3. The molecule has 2 aliphatic carbocycles. The van der Waals surface area contributed by atoms with Crippen LogP contribution in [-0.4, -0.2) is 37.0 Å². The highest BCUT2D eigenvalue weighted by Gasteiger charge is 2.66. The number of thiol groups is 1. The van der Waals surface area contributed by atoms with Crippen LogP contribution >= 0.6 is 12.6 Å². The highest BCUT2D eigenvalue weighted by molar-refractivity contribution is 7.80. The molecule has 0 bridgehead atoms. The van der Waals surface area contributed by atoms with Gasteiger partial charge in [-0.1, -0.05) is 6.07 Å². The molecule has 6 heteroatoms. The van der Waals surface area contributed by atoms with Crippen LogP contribution in [0.3, 0.4) is 0 Å². The highest BCUT2D eigenvalue weighted by atomic mass is 32.1. The Morgan fingerprint density at radius 3 is 2.67 bits per heavy atom. The van der Waals surface area contributed by atoms with Crippen molar-refractivity contribution >= 4 is 24.5 Å². The van der Waals surface area contributed by atoms with Crippen molar-refractivity contribution in [2.75, 3.05) is 14.2 Å². The molecule has 1 saturated carbocycles. The van der Waals surface area contributed by atoms with E-state index in [9.17, 15) is 4.79 Å². The van der Waals surface area contributed by atoms with E-state index in [2.05, 4.69) is 18.7 Å². The van der Waals surface area contributed by atoms with Crippen LogP contribution in [0.4, 0.5) is 0 Å². The van der Waals surface area contributed by atoms with Gasteiger partial charge in [-0.15, -0.1) is 12.6 Å². The molecule has 5 nitrogen and oxygen atoms in total. The fourth-order valence-corrected chi connectivity index (χ4v) is 5.12. The van der Waals surface area contributed by atoms with Crippen molar-refractivity contribution in [3.05, 3.63) is 29.3 Å². The molecule has 1 atom stereocenters. The zero-order chi connectivity index (χ0) is 17.1. The Morgan fingerprint density at radius 2 is 2.08 bits per heavy atom. The number of fused-ring (bicyclic) bond motifs is 3. The number of guanidine groups is 1. The predicted molar refractivity (Wildman–Crippen MR) is 95.2 cm³/mol. The Hall–Kier alpha value is -1.53. The van der Waals surface area contributed by atoms with Crippen molar-refractivity contribution in [1.29, 1.82) is 0 Å². The zero-order valence-electron chi connectivity index (χ0n) is 14.1. The maximum absolute atomic E-state index is 13.3. The summed E-state index contributed by atoms with van der Waals surface area (Å²) < 4.78 is 5.54. The predicted octanol–water partition coefficient (Wildman–Crippen LogP) is 2.09. The second-order valence-corrected chi connectivity index (χ2v) is 7.79. The first-order chi connectivity index (χ1) is 11.4. The van der Waals surface area contributed by atoms with E-state index in [1.54, 1.807) is 14.2 Å². The van der Waals surface area contributed by atoms with Crippen LogP contribution in [0.5, 0.6) is 0 Å². The van der Waals surface area contributed by atoms with Crippen molar-refractivity contribution < 1.29 is 9.53 Å². The lowest BCUT2D eigenvalue weighted by molar-refractivity contribution is -0.137. The molecular formula is C18H23N3O2S. The molecule has 2 N–H and O–H groups in total. The minimum Gasteiger partial charge on any atom is -0.381 e. The van der Waals surface area contributed by atoms with E-state index >= 15 is 0 Å². The van der Waals surface area contributed by atoms with E-state index in [1.807, 2.05) is 12.1 Å². The molecule has 1 fully saturated rings. The first-order valence-electron chi connectivity index (χ1n) is 8.42. The molecule has 128 valence electrons. The van der Waals surface area contributed by atoms with E-state index < -0.39 is 5.54 Å². The molecule has 0 radical (unpaired) electrons. The van der Waals surface area contributed by atoms with Gasteiger partial charge >= 0.3 is 0 Å². The Kier molecular flexibility index (Phi) is 3.48. The molecule has 0 aromatic heterocycles. The Bertz CT molecular complexity index is 740. The maximum Gasteiger partial charge on any atom is 0.262 e. The molecule has 2 spiro atoms. The molecule has 1 unspecified atom stereocenters. The van der Waals surface area contributed by atoms with Gasteiger partial charge in [0.2, 0.25) is 0 Å². The minimum absolute atomic E-state index is 0.00597. The Labute approximate surface area is 147 Å². The summed E-state index contributed by atoms with van der Waals surface area (Å²) in [5.41, 5.74) is 7.16. The van der Waals surface area contributed by atoms with Crippen LogP contribution < -0.4 is 5.73 Å². The van der Waals surface area contributed by atoms with Crippen molar-refractivity contribution in [2.24, 2.45) is 16.1 Å². The summed E-state index contributed by atoms with van der Waals surface area (Å²) in [5, 5.41) is 0. The third kappa shape index (κ3) is 1.87. The van der Waals surface area contributed by atoms with Crippen LogP contribution in [0.25, 0.3) is 0 Å². The smallest absolute Gasteiger partial charge is 0.262 e. The van der Waals surface area contributed by atoms with Crippen molar-refractivity contribution in [3.63, 3.8) is 0 Å². The number of benzene rings is 1. The monoisotopic (exact) mass is 345 g/mol. The summed E-state index contributed by atoms with van der Waals surface area (Å²) in [6.45, 7) is 0. The highest BCUT2D eigenvalue weighted by Crippen LogP contribution is 2.61. The number of methoxy groups -OCH3 is 1. The Balaban J connectivity index is 1.89. The first kappa shape index (κ1) is 16.0. The van der Waals surface area contributed by atoms with Gasteiger partial charge in [0, 0.05) is 24.5 Å². The second-order valence-electron chi connectivity index (χ2n) is 7.28. The number of ether oxygens (including phenoxy) is 1. The van der Waals surface area contributed by atoms with Crippen LogP contribution in [0.2, 0.25) is 0 Å². The molecule has 3 aliphatic rings. The molecule has 1 amide bonds. The number of hydrogen-bond donors (Lipinski definition) is 2. The fraction of sp³-hybridized carbons (Fsp3) is 0.556. The van der Waals surface area contributed by atoms with E-state index in [-0.39, 0.29) is 17.4 Å². The summed E-state index contributed by atoms with van der Waals surface area (Å²) in [7, 11) is 3.48. The average molecular weight is 345 g/mol. The van der Waals surface area contributed by atoms with Crippen molar-refractivity contribution in [2.45, 2.75) is 48.6 Å². The van der Waals surface area contributed by atoms with Crippen LogP contribution in [-0.2, 0) is 21.5 Å². The largest absolute Gasteiger partial charge is 0.381 e. The molecule has 1 aliphatic heterocycles. The number of carbonyl (C=O) groups excluding carboxylic acids is 1. The molecule has 4 rings (SSSR count). The number of likely N-dealkylation sites (N-methyl/N-ethyl adjacent to an activating group) is 1. The SMILES string of the molecule is COC1CCC2(CC1)Cc1ccc(S)cc1C21N=C(N)N(C)C1=O. The van der Waals surface area contributed by atoms with E-state index in [0.717, 1.165) is 42.6 Å². The lowest BCUT2D eigenvalue weighted by Crippen LogP contribution is -2.51. The summed E-state index contributed by atoms with van der Waals surface area (Å²) in [6.07, 6.45) is 4.87. The first-order valence-corrected chi connectivity index (χ1v) is 8.87. The van der Waals surface area contributed by atoms with E-state index in [1.165, 1.54) is 10.5 Å². The molecule has 1 heterocycles. The molecule has 1 aromatic rings. The number of carbonyl (C=O) groups is 1. The van der Waals surface area contributed by atoms with Gasteiger partial charge in [0.05, 0.1) is 6.10 Å². The fourth-order valence-electron chi connectivity index (χ4n) is 4.91. The number of nitrogens with two attached hydrogens (primary N) is 1. The number of rotatable bonds is 1.